The van der Waals surface area contributed by atoms with Crippen molar-refractivity contribution >= 4 is 6.09 Å². The van der Waals surface area contributed by atoms with E-state index in [0.29, 0.717) is 12.5 Å². The molecule has 1 aliphatic carbocycles. The molecule has 0 unspecified atom stereocenters. The molecular formula is C22H19NO2. The fraction of sp³-hybridized carbons (Fsp3) is 0.136. The van der Waals surface area contributed by atoms with Crippen molar-refractivity contribution in [2.75, 3.05) is 0 Å². The summed E-state index contributed by atoms with van der Waals surface area (Å²) >= 11 is 0. The van der Waals surface area contributed by atoms with Crippen LogP contribution in [0.2, 0.25) is 0 Å². The topological polar surface area (TPSA) is 49.3 Å². The average molecular weight is 329 g/mol. The Labute approximate surface area is 147 Å². The van der Waals surface area contributed by atoms with E-state index in [1.807, 2.05) is 18.2 Å². The van der Waals surface area contributed by atoms with Crippen LogP contribution >= 0.6 is 0 Å². The van der Waals surface area contributed by atoms with Gasteiger partial charge in [-0.05, 0) is 39.8 Å². The van der Waals surface area contributed by atoms with Crippen LogP contribution in [0, 0.1) is 0 Å². The Bertz CT molecular complexity index is 887. The van der Waals surface area contributed by atoms with Gasteiger partial charge >= 0.3 is 6.09 Å². The van der Waals surface area contributed by atoms with E-state index in [1.165, 1.54) is 27.8 Å². The highest BCUT2D eigenvalue weighted by Crippen LogP contribution is 2.46. The molecule has 3 heteroatoms. The van der Waals surface area contributed by atoms with Gasteiger partial charge < -0.3 is 10.4 Å². The highest BCUT2D eigenvalue weighted by Gasteiger charge is 2.28. The van der Waals surface area contributed by atoms with Gasteiger partial charge in [-0.15, -0.1) is 0 Å². The number of amides is 1. The Morgan fingerprint density at radius 3 is 1.92 bits per heavy atom. The van der Waals surface area contributed by atoms with Crippen LogP contribution in [-0.4, -0.2) is 11.2 Å². The molecule has 3 aromatic rings. The van der Waals surface area contributed by atoms with Crippen LogP contribution in [0.3, 0.4) is 0 Å². The maximum Gasteiger partial charge on any atom is 0.404 e. The van der Waals surface area contributed by atoms with Crippen molar-refractivity contribution in [3.8, 4) is 11.1 Å². The molecule has 1 amide bonds. The fourth-order valence-corrected chi connectivity index (χ4v) is 3.80. The van der Waals surface area contributed by atoms with Crippen molar-refractivity contribution in [3.05, 3.63) is 95.1 Å². The molecule has 1 aliphatic rings. The lowest BCUT2D eigenvalue weighted by Crippen LogP contribution is -2.21. The lowest BCUT2D eigenvalue weighted by Gasteiger charge is -2.16. The van der Waals surface area contributed by atoms with Crippen LogP contribution in [0.5, 0.6) is 0 Å². The largest absolute Gasteiger partial charge is 0.465 e. The van der Waals surface area contributed by atoms with Gasteiger partial charge in [0, 0.05) is 12.5 Å². The van der Waals surface area contributed by atoms with Gasteiger partial charge in [-0.3, -0.25) is 0 Å². The van der Waals surface area contributed by atoms with Gasteiger partial charge in [-0.25, -0.2) is 4.79 Å². The smallest absolute Gasteiger partial charge is 0.404 e. The van der Waals surface area contributed by atoms with E-state index in [2.05, 4.69) is 59.9 Å². The molecule has 0 aromatic heterocycles. The first kappa shape index (κ1) is 15.5. The van der Waals surface area contributed by atoms with Crippen molar-refractivity contribution in [1.82, 2.24) is 5.32 Å². The molecular weight excluding hydrogens is 310 g/mol. The van der Waals surface area contributed by atoms with Crippen molar-refractivity contribution in [3.63, 3.8) is 0 Å². The van der Waals surface area contributed by atoms with Crippen LogP contribution in [-0.2, 0) is 13.0 Å². The van der Waals surface area contributed by atoms with E-state index in [1.54, 1.807) is 0 Å². The van der Waals surface area contributed by atoms with E-state index in [0.717, 1.165) is 12.0 Å². The summed E-state index contributed by atoms with van der Waals surface area (Å²) in [7, 11) is 0. The van der Waals surface area contributed by atoms with Gasteiger partial charge in [0.1, 0.15) is 0 Å². The SMILES string of the molecule is O=C(O)NCc1ccccc1CC1c2ccccc2-c2ccccc21. The molecule has 124 valence electrons. The molecule has 0 spiro atoms. The number of rotatable bonds is 4. The predicted octanol–water partition coefficient (Wildman–Crippen LogP) is 4.81. The summed E-state index contributed by atoms with van der Waals surface area (Å²) in [6, 6.07) is 25.2. The summed E-state index contributed by atoms with van der Waals surface area (Å²) < 4.78 is 0. The molecule has 0 heterocycles. The molecule has 0 aliphatic heterocycles. The Balaban J connectivity index is 1.71. The summed E-state index contributed by atoms with van der Waals surface area (Å²) in [5.74, 6) is 0.304. The average Bonchev–Trinajstić information content (AvgIpc) is 2.95. The molecule has 0 atom stereocenters. The van der Waals surface area contributed by atoms with Gasteiger partial charge in [0.25, 0.3) is 0 Å². The normalized spacial score (nSPS) is 12.5. The highest BCUT2D eigenvalue weighted by molar-refractivity contribution is 5.78. The summed E-state index contributed by atoms with van der Waals surface area (Å²) in [5, 5.41) is 11.4. The summed E-state index contributed by atoms with van der Waals surface area (Å²) in [6.07, 6.45) is -0.128. The van der Waals surface area contributed by atoms with Gasteiger partial charge in [0.2, 0.25) is 0 Å². The summed E-state index contributed by atoms with van der Waals surface area (Å²) in [5.41, 5.74) is 7.54. The monoisotopic (exact) mass is 329 g/mol. The van der Waals surface area contributed by atoms with Gasteiger partial charge in [0.05, 0.1) is 0 Å². The van der Waals surface area contributed by atoms with Crippen molar-refractivity contribution in [2.24, 2.45) is 0 Å². The third kappa shape index (κ3) is 2.89. The third-order valence-electron chi connectivity index (χ3n) is 4.94. The van der Waals surface area contributed by atoms with Crippen LogP contribution in [0.25, 0.3) is 11.1 Å². The number of hydrogen-bond acceptors (Lipinski definition) is 1. The molecule has 4 rings (SSSR count). The Kier molecular flexibility index (Phi) is 3.98. The minimum atomic E-state index is -0.994. The molecule has 2 N–H and O–H groups in total. The van der Waals surface area contributed by atoms with Gasteiger partial charge in [-0.1, -0.05) is 72.8 Å². The molecule has 0 bridgehead atoms. The number of fused-ring (bicyclic) bond motifs is 3. The first-order chi connectivity index (χ1) is 12.2. The Hall–Kier alpha value is -3.07. The minimum absolute atomic E-state index is 0.304. The van der Waals surface area contributed by atoms with E-state index in [-0.39, 0.29) is 0 Å². The van der Waals surface area contributed by atoms with Crippen LogP contribution < -0.4 is 5.32 Å². The Morgan fingerprint density at radius 2 is 1.32 bits per heavy atom. The molecule has 0 radical (unpaired) electrons. The lowest BCUT2D eigenvalue weighted by atomic mass is 9.88. The number of carbonyl (C=O) groups is 1. The number of hydrogen-bond donors (Lipinski definition) is 2. The van der Waals surface area contributed by atoms with E-state index < -0.39 is 6.09 Å². The van der Waals surface area contributed by atoms with Crippen LogP contribution in [0.1, 0.15) is 28.2 Å². The zero-order chi connectivity index (χ0) is 17.2. The maximum absolute atomic E-state index is 10.8. The van der Waals surface area contributed by atoms with Crippen molar-refractivity contribution in [1.29, 1.82) is 0 Å². The zero-order valence-corrected chi connectivity index (χ0v) is 13.8. The lowest BCUT2D eigenvalue weighted by molar-refractivity contribution is 0.194. The van der Waals surface area contributed by atoms with Gasteiger partial charge in [-0.2, -0.15) is 0 Å². The number of benzene rings is 3. The highest BCUT2D eigenvalue weighted by atomic mass is 16.4. The maximum atomic E-state index is 10.8. The first-order valence-corrected chi connectivity index (χ1v) is 8.46. The summed E-state index contributed by atoms with van der Waals surface area (Å²) in [6.45, 7) is 0.335. The second kappa shape index (κ2) is 6.44. The van der Waals surface area contributed by atoms with Crippen LogP contribution in [0.4, 0.5) is 4.79 Å². The van der Waals surface area contributed by atoms with E-state index in [9.17, 15) is 4.79 Å². The molecule has 3 nitrogen and oxygen atoms in total. The molecule has 3 aromatic carbocycles. The quantitative estimate of drug-likeness (QED) is 0.722. The predicted molar refractivity (Wildman–Crippen MR) is 98.7 cm³/mol. The summed E-state index contributed by atoms with van der Waals surface area (Å²) in [4.78, 5) is 10.8. The minimum Gasteiger partial charge on any atom is -0.465 e. The van der Waals surface area contributed by atoms with Crippen molar-refractivity contribution in [2.45, 2.75) is 18.9 Å². The van der Waals surface area contributed by atoms with Gasteiger partial charge in [0.15, 0.2) is 0 Å². The Morgan fingerprint density at radius 1 is 0.800 bits per heavy atom. The number of nitrogens with one attached hydrogen (secondary N) is 1. The molecule has 0 saturated heterocycles. The van der Waals surface area contributed by atoms with Crippen LogP contribution in [0.15, 0.2) is 72.8 Å². The third-order valence-corrected chi connectivity index (χ3v) is 4.94. The molecule has 0 fully saturated rings. The standard InChI is InChI=1S/C22H19NO2/c24-22(25)23-14-16-8-2-1-7-15(16)13-21-19-11-5-3-9-17(19)18-10-4-6-12-20(18)21/h1-12,21,23H,13-14H2,(H,24,25). The van der Waals surface area contributed by atoms with E-state index in [4.69, 9.17) is 5.11 Å². The first-order valence-electron chi connectivity index (χ1n) is 8.46. The zero-order valence-electron chi connectivity index (χ0n) is 13.8. The second-order valence-corrected chi connectivity index (χ2v) is 6.36. The molecule has 0 saturated carbocycles. The second-order valence-electron chi connectivity index (χ2n) is 6.36. The van der Waals surface area contributed by atoms with E-state index >= 15 is 0 Å². The van der Waals surface area contributed by atoms with Crippen molar-refractivity contribution < 1.29 is 9.90 Å². The fourth-order valence-electron chi connectivity index (χ4n) is 3.80. The number of carboxylic acid groups (broad SMARTS) is 1. The molecule has 25 heavy (non-hydrogen) atoms.